The summed E-state index contributed by atoms with van der Waals surface area (Å²) in [4.78, 5) is 13.9. The lowest BCUT2D eigenvalue weighted by Crippen LogP contribution is -2.37. The molecule has 0 radical (unpaired) electrons. The third-order valence-corrected chi connectivity index (χ3v) is 4.04. The average Bonchev–Trinajstić information content (AvgIpc) is 3.18. The highest BCUT2D eigenvalue weighted by atomic mass is 32.1. The minimum absolute atomic E-state index is 0.0798. The number of aromatic nitrogens is 2. The summed E-state index contributed by atoms with van der Waals surface area (Å²) in [6.45, 7) is -1.71. The highest BCUT2D eigenvalue weighted by Crippen LogP contribution is 2.31. The summed E-state index contributed by atoms with van der Waals surface area (Å²) in [5.74, 6) is -0.138. The van der Waals surface area contributed by atoms with E-state index in [4.69, 9.17) is 0 Å². The Morgan fingerprint density at radius 1 is 1.43 bits per heavy atom. The molecule has 122 valence electrons. The zero-order chi connectivity index (χ0) is 16.2. The van der Waals surface area contributed by atoms with Gasteiger partial charge in [0.05, 0.1) is 5.69 Å². The van der Waals surface area contributed by atoms with Crippen LogP contribution in [-0.2, 0) is 0 Å². The summed E-state index contributed by atoms with van der Waals surface area (Å²) in [6, 6.07) is 6.57. The first kappa shape index (κ1) is 15.6. The van der Waals surface area contributed by atoms with Crippen molar-refractivity contribution < 1.29 is 18.3 Å². The molecule has 3 rings (SSSR count). The average molecular weight is 340 g/mol. The second-order valence-corrected chi connectivity index (χ2v) is 5.65. The number of nitrogens with zero attached hydrogens (tertiary/aromatic N) is 3. The van der Waals surface area contributed by atoms with Gasteiger partial charge >= 0.3 is 6.61 Å². The van der Waals surface area contributed by atoms with E-state index in [9.17, 15) is 13.6 Å². The molecule has 0 saturated carbocycles. The molecule has 1 aromatic heterocycles. The summed E-state index contributed by atoms with van der Waals surface area (Å²) >= 11 is 1.11. The van der Waals surface area contributed by atoms with Gasteiger partial charge < -0.3 is 15.0 Å². The fourth-order valence-electron chi connectivity index (χ4n) is 2.53. The lowest BCUT2D eigenvalue weighted by molar-refractivity contribution is -0.0495. The van der Waals surface area contributed by atoms with Gasteiger partial charge in [-0.25, -0.2) is 0 Å². The van der Waals surface area contributed by atoms with E-state index in [-0.39, 0.29) is 23.4 Å². The molecule has 9 heteroatoms. The van der Waals surface area contributed by atoms with Gasteiger partial charge in [-0.1, -0.05) is 16.6 Å². The van der Waals surface area contributed by atoms with Crippen LogP contribution in [0.1, 0.15) is 16.9 Å². The fourth-order valence-corrected chi connectivity index (χ4v) is 2.97. The molecule has 1 fully saturated rings. The molecule has 1 saturated heterocycles. The molecule has 6 nitrogen and oxygen atoms in total. The molecule has 1 aliphatic heterocycles. The molecule has 1 amide bonds. The summed E-state index contributed by atoms with van der Waals surface area (Å²) < 4.78 is 33.2. The molecule has 1 unspecified atom stereocenters. The molecule has 2 aromatic rings. The molecule has 0 bridgehead atoms. The van der Waals surface area contributed by atoms with Gasteiger partial charge in [0.25, 0.3) is 5.91 Å². The van der Waals surface area contributed by atoms with Crippen LogP contribution < -0.4 is 15.0 Å². The van der Waals surface area contributed by atoms with Crippen LogP contribution in [0.5, 0.6) is 5.75 Å². The Morgan fingerprint density at radius 3 is 3.00 bits per heavy atom. The normalized spacial score (nSPS) is 17.5. The van der Waals surface area contributed by atoms with Crippen LogP contribution in [0.3, 0.4) is 0 Å². The Morgan fingerprint density at radius 2 is 2.26 bits per heavy atom. The van der Waals surface area contributed by atoms with Crippen molar-refractivity contribution in [3.63, 3.8) is 0 Å². The van der Waals surface area contributed by atoms with E-state index in [0.29, 0.717) is 25.2 Å². The van der Waals surface area contributed by atoms with Crippen LogP contribution in [0, 0.1) is 0 Å². The number of halogens is 2. The Hall–Kier alpha value is -2.29. The number of amides is 1. The quantitative estimate of drug-likeness (QED) is 0.903. The van der Waals surface area contributed by atoms with Crippen molar-refractivity contribution in [1.29, 1.82) is 0 Å². The minimum atomic E-state index is -2.87. The van der Waals surface area contributed by atoms with Crippen LogP contribution in [0.2, 0.25) is 0 Å². The Labute approximate surface area is 135 Å². The predicted octanol–water partition coefficient (Wildman–Crippen LogP) is 2.15. The predicted molar refractivity (Wildman–Crippen MR) is 81.1 cm³/mol. The van der Waals surface area contributed by atoms with Gasteiger partial charge in [0.2, 0.25) is 0 Å². The standard InChI is InChI=1S/C14H14F2N4O2S/c15-14(16)22-12-4-2-1-3-11(12)20-6-5-9(7-20)17-13(21)10-8-23-19-18-10/h1-4,8-9,14H,5-7H2,(H,17,21). The van der Waals surface area contributed by atoms with E-state index in [2.05, 4.69) is 19.6 Å². The monoisotopic (exact) mass is 340 g/mol. The molecule has 1 aromatic carbocycles. The number of nitrogens with one attached hydrogen (secondary N) is 1. The number of carbonyl (C=O) groups is 1. The van der Waals surface area contributed by atoms with Gasteiger partial charge in [0.1, 0.15) is 5.75 Å². The van der Waals surface area contributed by atoms with E-state index in [1.165, 1.54) is 6.07 Å². The van der Waals surface area contributed by atoms with Crippen LogP contribution in [0.15, 0.2) is 29.6 Å². The number of carbonyl (C=O) groups excluding carboxylic acids is 1. The first-order valence-electron chi connectivity index (χ1n) is 7.00. The highest BCUT2D eigenvalue weighted by molar-refractivity contribution is 7.03. The molecular weight excluding hydrogens is 326 g/mol. The van der Waals surface area contributed by atoms with E-state index >= 15 is 0 Å². The van der Waals surface area contributed by atoms with E-state index < -0.39 is 6.61 Å². The van der Waals surface area contributed by atoms with Gasteiger partial charge in [-0.05, 0) is 30.1 Å². The number of anilines is 1. The third kappa shape index (κ3) is 3.73. The second kappa shape index (κ2) is 6.86. The molecule has 2 heterocycles. The number of benzene rings is 1. The zero-order valence-electron chi connectivity index (χ0n) is 12.0. The van der Waals surface area contributed by atoms with Crippen LogP contribution in [-0.4, -0.2) is 41.2 Å². The molecule has 1 N–H and O–H groups in total. The van der Waals surface area contributed by atoms with Gasteiger partial charge in [0, 0.05) is 24.5 Å². The molecular formula is C14H14F2N4O2S. The molecule has 23 heavy (non-hydrogen) atoms. The third-order valence-electron chi connectivity index (χ3n) is 3.54. The van der Waals surface area contributed by atoms with Gasteiger partial charge in [-0.2, -0.15) is 8.78 Å². The Balaban J connectivity index is 1.65. The maximum absolute atomic E-state index is 12.5. The van der Waals surface area contributed by atoms with Crippen molar-refractivity contribution in [3.8, 4) is 5.75 Å². The molecule has 0 aliphatic carbocycles. The molecule has 0 spiro atoms. The van der Waals surface area contributed by atoms with Gasteiger partial charge in [0.15, 0.2) is 5.69 Å². The molecule has 1 aliphatic rings. The SMILES string of the molecule is O=C(NC1CCN(c2ccccc2OC(F)F)C1)c1csnn1. The minimum Gasteiger partial charge on any atom is -0.433 e. The Kier molecular flexibility index (Phi) is 4.65. The van der Waals surface area contributed by atoms with Crippen molar-refractivity contribution >= 4 is 23.1 Å². The number of ether oxygens (including phenoxy) is 1. The largest absolute Gasteiger partial charge is 0.433 e. The zero-order valence-corrected chi connectivity index (χ0v) is 12.8. The number of hydrogen-bond acceptors (Lipinski definition) is 6. The van der Waals surface area contributed by atoms with Crippen molar-refractivity contribution in [2.75, 3.05) is 18.0 Å². The highest BCUT2D eigenvalue weighted by Gasteiger charge is 2.27. The maximum atomic E-state index is 12.5. The first-order valence-corrected chi connectivity index (χ1v) is 7.84. The van der Waals surface area contributed by atoms with Crippen molar-refractivity contribution in [1.82, 2.24) is 14.9 Å². The maximum Gasteiger partial charge on any atom is 0.387 e. The summed E-state index contributed by atoms with van der Waals surface area (Å²) in [6.07, 6.45) is 0.715. The molecule has 1 atom stereocenters. The number of rotatable bonds is 5. The number of para-hydroxylation sites is 2. The number of alkyl halides is 2. The van der Waals surface area contributed by atoms with Crippen LogP contribution >= 0.6 is 11.5 Å². The van der Waals surface area contributed by atoms with Crippen molar-refractivity contribution in [2.24, 2.45) is 0 Å². The smallest absolute Gasteiger partial charge is 0.387 e. The van der Waals surface area contributed by atoms with E-state index in [0.717, 1.165) is 11.5 Å². The van der Waals surface area contributed by atoms with Crippen molar-refractivity contribution in [2.45, 2.75) is 19.1 Å². The Bertz CT molecular complexity index is 669. The lowest BCUT2D eigenvalue weighted by Gasteiger charge is -2.21. The summed E-state index contributed by atoms with van der Waals surface area (Å²) in [5, 5.41) is 8.17. The lowest BCUT2D eigenvalue weighted by atomic mass is 10.2. The van der Waals surface area contributed by atoms with Gasteiger partial charge in [-0.15, -0.1) is 5.10 Å². The van der Waals surface area contributed by atoms with Crippen molar-refractivity contribution in [3.05, 3.63) is 35.3 Å². The summed E-state index contributed by atoms with van der Waals surface area (Å²) in [5.41, 5.74) is 0.884. The fraction of sp³-hybridized carbons (Fsp3) is 0.357. The van der Waals surface area contributed by atoms with E-state index in [1.54, 1.807) is 23.6 Å². The van der Waals surface area contributed by atoms with Crippen LogP contribution in [0.25, 0.3) is 0 Å². The van der Waals surface area contributed by atoms with E-state index in [1.807, 2.05) is 4.90 Å². The first-order chi connectivity index (χ1) is 11.1. The van der Waals surface area contributed by atoms with Gasteiger partial charge in [-0.3, -0.25) is 4.79 Å². The number of hydrogen-bond donors (Lipinski definition) is 1. The van der Waals surface area contributed by atoms with Crippen LogP contribution in [0.4, 0.5) is 14.5 Å². The summed E-state index contributed by atoms with van der Waals surface area (Å²) in [7, 11) is 0. The topological polar surface area (TPSA) is 67.4 Å². The second-order valence-electron chi connectivity index (χ2n) is 5.04.